The molecule has 0 bridgehead atoms. The van der Waals surface area contributed by atoms with Crippen LogP contribution >= 0.6 is 11.8 Å². The maximum absolute atomic E-state index is 10.5. The predicted octanol–water partition coefficient (Wildman–Crippen LogP) is 2.47. The number of nitro benzene ring substituents is 1. The van der Waals surface area contributed by atoms with Gasteiger partial charge in [-0.15, -0.1) is 0 Å². The maximum atomic E-state index is 10.5. The number of hydrogen-bond acceptors (Lipinski definition) is 4. The number of imidazole rings is 1. The van der Waals surface area contributed by atoms with E-state index in [0.29, 0.717) is 0 Å². The van der Waals surface area contributed by atoms with Crippen LogP contribution in [0.3, 0.4) is 0 Å². The number of benzene rings is 1. The van der Waals surface area contributed by atoms with E-state index in [1.165, 1.54) is 23.9 Å². The van der Waals surface area contributed by atoms with Crippen molar-refractivity contribution in [1.82, 2.24) is 9.97 Å². The van der Waals surface area contributed by atoms with Crippen molar-refractivity contribution in [1.29, 1.82) is 0 Å². The minimum atomic E-state index is -0.406. The fourth-order valence-electron chi connectivity index (χ4n) is 1.09. The molecule has 2 aromatic rings. The Balaban J connectivity index is 2.22. The van der Waals surface area contributed by atoms with E-state index in [4.69, 9.17) is 0 Å². The summed E-state index contributed by atoms with van der Waals surface area (Å²) in [6, 6.07) is 6.48. The number of nitro groups is 1. The van der Waals surface area contributed by atoms with Crippen LogP contribution in [0.25, 0.3) is 0 Å². The van der Waals surface area contributed by atoms with Gasteiger partial charge in [0.1, 0.15) is 0 Å². The molecule has 0 radical (unpaired) electrons. The van der Waals surface area contributed by atoms with Gasteiger partial charge in [0.15, 0.2) is 0 Å². The summed E-state index contributed by atoms with van der Waals surface area (Å²) in [7, 11) is 0. The number of H-pyrrole nitrogens is 1. The minimum Gasteiger partial charge on any atom is -0.340 e. The van der Waals surface area contributed by atoms with Crippen LogP contribution in [0.4, 0.5) is 5.69 Å². The molecular weight excluding hydrogens is 214 g/mol. The maximum Gasteiger partial charge on any atom is 0.270 e. The highest BCUT2D eigenvalue weighted by atomic mass is 32.2. The van der Waals surface area contributed by atoms with Gasteiger partial charge in [0.2, 0.25) is 0 Å². The Hall–Kier alpha value is -1.82. The first-order valence-corrected chi connectivity index (χ1v) is 4.98. The molecular formula is C9H7N3O2S. The Morgan fingerprint density at radius 2 is 2.33 bits per heavy atom. The summed E-state index contributed by atoms with van der Waals surface area (Å²) in [5.74, 6) is 0. The summed E-state index contributed by atoms with van der Waals surface area (Å²) in [6.07, 6.45) is 3.24. The van der Waals surface area contributed by atoms with Gasteiger partial charge in [-0.1, -0.05) is 17.8 Å². The van der Waals surface area contributed by atoms with E-state index in [9.17, 15) is 10.1 Å². The highest BCUT2D eigenvalue weighted by molar-refractivity contribution is 7.99. The smallest absolute Gasteiger partial charge is 0.270 e. The SMILES string of the molecule is O=[N+]([O-])c1cccc(Sc2cnc[nH]2)c1. The number of aromatic nitrogens is 2. The molecule has 0 fully saturated rings. The molecule has 0 aliphatic carbocycles. The molecule has 1 aromatic heterocycles. The van der Waals surface area contributed by atoms with Crippen molar-refractivity contribution in [3.05, 3.63) is 46.9 Å². The van der Waals surface area contributed by atoms with Crippen molar-refractivity contribution in [3.63, 3.8) is 0 Å². The molecule has 0 spiro atoms. The molecule has 1 N–H and O–H groups in total. The Bertz CT molecular complexity index is 470. The van der Waals surface area contributed by atoms with Gasteiger partial charge >= 0.3 is 0 Å². The number of nitrogens with one attached hydrogen (secondary N) is 1. The van der Waals surface area contributed by atoms with E-state index in [-0.39, 0.29) is 5.69 Å². The number of non-ortho nitro benzene ring substituents is 1. The van der Waals surface area contributed by atoms with Crippen LogP contribution in [-0.2, 0) is 0 Å². The minimum absolute atomic E-state index is 0.0968. The van der Waals surface area contributed by atoms with Crippen molar-refractivity contribution in [3.8, 4) is 0 Å². The molecule has 0 amide bonds. The summed E-state index contributed by atoms with van der Waals surface area (Å²) >= 11 is 1.40. The molecule has 1 aromatic carbocycles. The molecule has 0 saturated heterocycles. The van der Waals surface area contributed by atoms with E-state index < -0.39 is 4.92 Å². The third-order valence-electron chi connectivity index (χ3n) is 1.73. The van der Waals surface area contributed by atoms with Crippen molar-refractivity contribution in [2.45, 2.75) is 9.92 Å². The van der Waals surface area contributed by atoms with Crippen molar-refractivity contribution >= 4 is 17.4 Å². The van der Waals surface area contributed by atoms with Gasteiger partial charge in [-0.05, 0) is 6.07 Å². The Kier molecular flexibility index (Phi) is 2.68. The van der Waals surface area contributed by atoms with E-state index >= 15 is 0 Å². The second kappa shape index (κ2) is 4.14. The first-order chi connectivity index (χ1) is 7.25. The van der Waals surface area contributed by atoms with Crippen molar-refractivity contribution in [2.75, 3.05) is 0 Å². The summed E-state index contributed by atoms with van der Waals surface area (Å²) in [4.78, 5) is 17.7. The third kappa shape index (κ3) is 2.35. The van der Waals surface area contributed by atoms with E-state index in [0.717, 1.165) is 9.92 Å². The summed E-state index contributed by atoms with van der Waals surface area (Å²) in [6.45, 7) is 0. The molecule has 0 atom stereocenters. The average Bonchev–Trinajstić information content (AvgIpc) is 2.71. The molecule has 0 saturated carbocycles. The number of aromatic amines is 1. The lowest BCUT2D eigenvalue weighted by Crippen LogP contribution is -1.87. The molecule has 0 aliphatic rings. The lowest BCUT2D eigenvalue weighted by atomic mass is 10.3. The molecule has 6 heteroatoms. The third-order valence-corrected chi connectivity index (χ3v) is 2.66. The van der Waals surface area contributed by atoms with Gasteiger partial charge in [0.05, 0.1) is 22.5 Å². The molecule has 0 aliphatic heterocycles. The fraction of sp³-hybridized carbons (Fsp3) is 0. The van der Waals surface area contributed by atoms with Gasteiger partial charge in [-0.25, -0.2) is 4.98 Å². The zero-order chi connectivity index (χ0) is 10.7. The zero-order valence-corrected chi connectivity index (χ0v) is 8.40. The van der Waals surface area contributed by atoms with Gasteiger partial charge in [0, 0.05) is 17.0 Å². The highest BCUT2D eigenvalue weighted by Gasteiger charge is 2.06. The number of rotatable bonds is 3. The molecule has 1 heterocycles. The molecule has 0 unspecified atom stereocenters. The Labute approximate surface area is 89.7 Å². The van der Waals surface area contributed by atoms with Crippen molar-refractivity contribution < 1.29 is 4.92 Å². The average molecular weight is 221 g/mol. The number of hydrogen-bond donors (Lipinski definition) is 1. The largest absolute Gasteiger partial charge is 0.340 e. The second-order valence-electron chi connectivity index (χ2n) is 2.77. The van der Waals surface area contributed by atoms with Crippen LogP contribution in [0.1, 0.15) is 0 Å². The lowest BCUT2D eigenvalue weighted by molar-refractivity contribution is -0.385. The van der Waals surface area contributed by atoms with Crippen LogP contribution in [0.2, 0.25) is 0 Å². The molecule has 76 valence electrons. The van der Waals surface area contributed by atoms with Crippen LogP contribution in [0.15, 0.2) is 46.7 Å². The van der Waals surface area contributed by atoms with E-state index in [2.05, 4.69) is 9.97 Å². The monoisotopic (exact) mass is 221 g/mol. The molecule has 15 heavy (non-hydrogen) atoms. The van der Waals surface area contributed by atoms with Gasteiger partial charge < -0.3 is 4.98 Å². The van der Waals surface area contributed by atoms with Crippen LogP contribution in [-0.4, -0.2) is 14.9 Å². The summed E-state index contributed by atoms with van der Waals surface area (Å²) < 4.78 is 0. The highest BCUT2D eigenvalue weighted by Crippen LogP contribution is 2.27. The summed E-state index contributed by atoms with van der Waals surface area (Å²) in [5, 5.41) is 11.4. The molecule has 5 nitrogen and oxygen atoms in total. The first-order valence-electron chi connectivity index (χ1n) is 4.16. The second-order valence-corrected chi connectivity index (χ2v) is 3.89. The Morgan fingerprint density at radius 3 is 3.00 bits per heavy atom. The first kappa shape index (κ1) is 9.72. The van der Waals surface area contributed by atoms with E-state index in [1.54, 1.807) is 18.6 Å². The zero-order valence-electron chi connectivity index (χ0n) is 7.58. The fourth-order valence-corrected chi connectivity index (χ4v) is 1.89. The predicted molar refractivity (Wildman–Crippen MR) is 55.8 cm³/mol. The topological polar surface area (TPSA) is 71.8 Å². The quantitative estimate of drug-likeness (QED) is 0.638. The van der Waals surface area contributed by atoms with Gasteiger partial charge in [0.25, 0.3) is 5.69 Å². The van der Waals surface area contributed by atoms with Crippen LogP contribution in [0.5, 0.6) is 0 Å². The van der Waals surface area contributed by atoms with Crippen molar-refractivity contribution in [2.24, 2.45) is 0 Å². The van der Waals surface area contributed by atoms with E-state index in [1.807, 2.05) is 6.07 Å². The van der Waals surface area contributed by atoms with Gasteiger partial charge in [-0.3, -0.25) is 10.1 Å². The lowest BCUT2D eigenvalue weighted by Gasteiger charge is -1.97. The standard InChI is InChI=1S/C9H7N3O2S/c13-12(14)7-2-1-3-8(4-7)15-9-5-10-6-11-9/h1-6H,(H,10,11). The molecule has 2 rings (SSSR count). The summed E-state index contributed by atoms with van der Waals surface area (Å²) in [5.41, 5.74) is 0.0968. The number of nitrogens with zero attached hydrogens (tertiary/aromatic N) is 2. The van der Waals surface area contributed by atoms with Gasteiger partial charge in [-0.2, -0.15) is 0 Å². The Morgan fingerprint density at radius 1 is 1.47 bits per heavy atom. The van der Waals surface area contributed by atoms with Crippen LogP contribution < -0.4 is 0 Å². The van der Waals surface area contributed by atoms with Crippen LogP contribution in [0, 0.1) is 10.1 Å². The normalized spacial score (nSPS) is 10.1.